The molecule has 1 aliphatic rings. The van der Waals surface area contributed by atoms with Crippen LogP contribution in [0.25, 0.3) is 0 Å². The van der Waals surface area contributed by atoms with E-state index in [0.29, 0.717) is 31.0 Å². The number of carbonyl (C=O) groups excluding carboxylic acids is 2. The van der Waals surface area contributed by atoms with Gasteiger partial charge < -0.3 is 19.0 Å². The fraction of sp³-hybridized carbons (Fsp3) is 0.400. The second kappa shape index (κ2) is 10.2. The van der Waals surface area contributed by atoms with Crippen molar-refractivity contribution in [2.75, 3.05) is 27.2 Å². The number of methoxy groups -OCH3 is 1. The van der Waals surface area contributed by atoms with Gasteiger partial charge in [0.1, 0.15) is 11.4 Å². The second-order valence-corrected chi connectivity index (χ2v) is 9.46. The molecule has 7 nitrogen and oxygen atoms in total. The van der Waals surface area contributed by atoms with Crippen LogP contribution in [0.1, 0.15) is 44.5 Å². The van der Waals surface area contributed by atoms with Crippen LogP contribution in [0, 0.1) is 12.8 Å². The molecule has 0 spiro atoms. The number of likely N-dealkylation sites (tertiary alicyclic amines) is 1. The molecule has 0 aliphatic carbocycles. The van der Waals surface area contributed by atoms with Crippen LogP contribution >= 0.6 is 11.3 Å². The molecule has 2 amide bonds. The summed E-state index contributed by atoms with van der Waals surface area (Å²) >= 11 is 1.49. The van der Waals surface area contributed by atoms with Gasteiger partial charge in [0.05, 0.1) is 18.4 Å². The molecule has 4 rings (SSSR count). The molecule has 33 heavy (non-hydrogen) atoms. The van der Waals surface area contributed by atoms with Crippen LogP contribution in [0.2, 0.25) is 0 Å². The summed E-state index contributed by atoms with van der Waals surface area (Å²) in [7, 11) is 3.49. The number of furan rings is 1. The Balaban J connectivity index is 1.50. The number of nitrogens with zero attached hydrogens (tertiary/aromatic N) is 3. The van der Waals surface area contributed by atoms with E-state index in [1.54, 1.807) is 24.1 Å². The Kier molecular flexibility index (Phi) is 7.13. The summed E-state index contributed by atoms with van der Waals surface area (Å²) in [6.45, 7) is 3.21. The third kappa shape index (κ3) is 5.27. The minimum absolute atomic E-state index is 0.0119. The highest BCUT2D eigenvalue weighted by molar-refractivity contribution is 7.09. The molecule has 3 heterocycles. The summed E-state index contributed by atoms with van der Waals surface area (Å²) in [6, 6.07) is 11.3. The molecule has 0 radical (unpaired) electrons. The normalized spacial score (nSPS) is 15.3. The molecule has 1 aromatic carbocycles. The SMILES string of the molecule is COc1cccc(C[C@H](C2CCN(C(=O)c3csc(C)n3)CC2)N(C)C(=O)c2ccco2)c1. The molecule has 0 N–H and O–H groups in total. The average molecular weight is 468 g/mol. The first kappa shape index (κ1) is 23.0. The first-order chi connectivity index (χ1) is 16.0. The molecule has 1 saturated heterocycles. The summed E-state index contributed by atoms with van der Waals surface area (Å²) in [5.74, 6) is 1.23. The predicted molar refractivity (Wildman–Crippen MR) is 127 cm³/mol. The largest absolute Gasteiger partial charge is 0.497 e. The van der Waals surface area contributed by atoms with Crippen LogP contribution in [-0.2, 0) is 6.42 Å². The van der Waals surface area contributed by atoms with Crippen molar-refractivity contribution in [3.63, 3.8) is 0 Å². The van der Waals surface area contributed by atoms with Gasteiger partial charge in [-0.2, -0.15) is 0 Å². The maximum Gasteiger partial charge on any atom is 0.289 e. The Morgan fingerprint density at radius 1 is 1.27 bits per heavy atom. The minimum Gasteiger partial charge on any atom is -0.497 e. The lowest BCUT2D eigenvalue weighted by molar-refractivity contribution is 0.0502. The molecule has 1 atom stereocenters. The van der Waals surface area contributed by atoms with Crippen molar-refractivity contribution in [1.29, 1.82) is 0 Å². The molecular weight excluding hydrogens is 438 g/mol. The van der Waals surface area contributed by atoms with Gasteiger partial charge in [-0.3, -0.25) is 9.59 Å². The second-order valence-electron chi connectivity index (χ2n) is 8.40. The third-order valence-electron chi connectivity index (χ3n) is 6.34. The Morgan fingerprint density at radius 2 is 2.06 bits per heavy atom. The number of hydrogen-bond donors (Lipinski definition) is 0. The number of hydrogen-bond acceptors (Lipinski definition) is 6. The van der Waals surface area contributed by atoms with Crippen molar-refractivity contribution < 1.29 is 18.7 Å². The molecule has 0 bridgehead atoms. The van der Waals surface area contributed by atoms with E-state index in [-0.39, 0.29) is 23.8 Å². The Bertz CT molecular complexity index is 1090. The quantitative estimate of drug-likeness (QED) is 0.518. The average Bonchev–Trinajstić information content (AvgIpc) is 3.54. The van der Waals surface area contributed by atoms with Gasteiger partial charge >= 0.3 is 0 Å². The van der Waals surface area contributed by atoms with Crippen molar-refractivity contribution in [2.24, 2.45) is 5.92 Å². The number of rotatable bonds is 7. The van der Waals surface area contributed by atoms with Crippen LogP contribution in [0.3, 0.4) is 0 Å². The summed E-state index contributed by atoms with van der Waals surface area (Å²) in [6.07, 6.45) is 3.85. The van der Waals surface area contributed by atoms with E-state index in [9.17, 15) is 9.59 Å². The number of piperidine rings is 1. The van der Waals surface area contributed by atoms with Crippen LogP contribution in [-0.4, -0.2) is 59.9 Å². The number of benzene rings is 1. The summed E-state index contributed by atoms with van der Waals surface area (Å²) in [5.41, 5.74) is 1.63. The van der Waals surface area contributed by atoms with Gasteiger partial charge in [-0.05, 0) is 61.9 Å². The van der Waals surface area contributed by atoms with Gasteiger partial charge in [-0.1, -0.05) is 12.1 Å². The van der Waals surface area contributed by atoms with Crippen molar-refractivity contribution >= 4 is 23.2 Å². The van der Waals surface area contributed by atoms with Gasteiger partial charge in [0.15, 0.2) is 5.76 Å². The van der Waals surface area contributed by atoms with Crippen LogP contribution in [0.15, 0.2) is 52.5 Å². The van der Waals surface area contributed by atoms with E-state index in [0.717, 1.165) is 29.2 Å². The molecule has 174 valence electrons. The Morgan fingerprint density at radius 3 is 2.70 bits per heavy atom. The van der Waals surface area contributed by atoms with Gasteiger partial charge in [-0.25, -0.2) is 4.98 Å². The van der Waals surface area contributed by atoms with Gasteiger partial charge in [0.2, 0.25) is 0 Å². The first-order valence-corrected chi connectivity index (χ1v) is 12.0. The lowest BCUT2D eigenvalue weighted by Crippen LogP contribution is -2.48. The summed E-state index contributed by atoms with van der Waals surface area (Å²) in [5, 5.41) is 2.72. The zero-order valence-corrected chi connectivity index (χ0v) is 20.0. The molecule has 1 aliphatic heterocycles. The predicted octanol–water partition coefficient (Wildman–Crippen LogP) is 4.29. The minimum atomic E-state index is -0.135. The van der Waals surface area contributed by atoms with Crippen molar-refractivity contribution in [1.82, 2.24) is 14.8 Å². The maximum atomic E-state index is 13.1. The van der Waals surface area contributed by atoms with Crippen LogP contribution in [0.5, 0.6) is 5.75 Å². The molecule has 0 saturated carbocycles. The number of likely N-dealkylation sites (N-methyl/N-ethyl adjacent to an activating group) is 1. The highest BCUT2D eigenvalue weighted by Gasteiger charge is 2.34. The third-order valence-corrected chi connectivity index (χ3v) is 7.11. The van der Waals surface area contributed by atoms with Crippen LogP contribution < -0.4 is 4.74 Å². The number of ether oxygens (including phenoxy) is 1. The zero-order chi connectivity index (χ0) is 23.4. The Labute approximate surface area is 198 Å². The van der Waals surface area contributed by atoms with E-state index in [2.05, 4.69) is 11.1 Å². The standard InChI is InChI=1S/C25H29N3O4S/c1-17-26-21(16-33-17)24(29)28-11-9-19(10-12-28)22(15-18-6-4-7-20(14-18)31-3)27(2)25(30)23-8-5-13-32-23/h4-8,13-14,16,19,22H,9-12,15H2,1-3H3/t22-/m1/s1. The zero-order valence-electron chi connectivity index (χ0n) is 19.2. The van der Waals surface area contributed by atoms with Gasteiger partial charge in [0, 0.05) is 31.6 Å². The van der Waals surface area contributed by atoms with Gasteiger partial charge in [-0.15, -0.1) is 11.3 Å². The van der Waals surface area contributed by atoms with E-state index < -0.39 is 0 Å². The van der Waals surface area contributed by atoms with Crippen LogP contribution in [0.4, 0.5) is 0 Å². The first-order valence-electron chi connectivity index (χ1n) is 11.1. The summed E-state index contributed by atoms with van der Waals surface area (Å²) < 4.78 is 10.8. The maximum absolute atomic E-state index is 13.1. The lowest BCUT2D eigenvalue weighted by Gasteiger charge is -2.39. The van der Waals surface area contributed by atoms with Gasteiger partial charge in [0.25, 0.3) is 11.8 Å². The smallest absolute Gasteiger partial charge is 0.289 e. The highest BCUT2D eigenvalue weighted by atomic mass is 32.1. The lowest BCUT2D eigenvalue weighted by atomic mass is 9.84. The number of thiazole rings is 1. The summed E-state index contributed by atoms with van der Waals surface area (Å²) in [4.78, 5) is 33.9. The Hall–Kier alpha value is -3.13. The van der Waals surface area contributed by atoms with Crippen molar-refractivity contribution in [2.45, 2.75) is 32.2 Å². The number of carbonyl (C=O) groups is 2. The molecule has 1 fully saturated rings. The van der Waals surface area contributed by atoms with E-state index >= 15 is 0 Å². The molecule has 0 unspecified atom stereocenters. The van der Waals surface area contributed by atoms with Crippen molar-refractivity contribution in [3.05, 3.63) is 70.1 Å². The molecular formula is C25H29N3O4S. The fourth-order valence-corrected chi connectivity index (χ4v) is 5.08. The molecule has 3 aromatic rings. The van der Waals surface area contributed by atoms with E-state index in [1.807, 2.05) is 42.5 Å². The molecule has 2 aromatic heterocycles. The highest BCUT2D eigenvalue weighted by Crippen LogP contribution is 2.29. The van der Waals surface area contributed by atoms with E-state index in [1.165, 1.54) is 17.6 Å². The fourth-order valence-electron chi connectivity index (χ4n) is 4.50. The number of aromatic nitrogens is 1. The topological polar surface area (TPSA) is 75.9 Å². The number of amides is 2. The van der Waals surface area contributed by atoms with Crippen molar-refractivity contribution in [3.8, 4) is 5.75 Å². The number of aryl methyl sites for hydroxylation is 1. The monoisotopic (exact) mass is 467 g/mol. The van der Waals surface area contributed by atoms with E-state index in [4.69, 9.17) is 9.15 Å². The molecule has 8 heteroatoms.